The maximum Gasteiger partial charge on any atom is 0.251 e. The molecule has 0 atom stereocenters. The molecule has 2 amide bonds. The van der Waals surface area contributed by atoms with Crippen LogP contribution in [0, 0.1) is 6.92 Å². The van der Waals surface area contributed by atoms with Gasteiger partial charge in [0.1, 0.15) is 5.00 Å². The zero-order valence-corrected chi connectivity index (χ0v) is 14.4. The summed E-state index contributed by atoms with van der Waals surface area (Å²) < 4.78 is 0. The van der Waals surface area contributed by atoms with Gasteiger partial charge in [-0.1, -0.05) is 30.7 Å². The van der Waals surface area contributed by atoms with Crippen molar-refractivity contribution in [3.05, 3.63) is 56.9 Å². The van der Waals surface area contributed by atoms with E-state index in [2.05, 4.69) is 5.32 Å². The molecule has 2 rings (SSSR count). The van der Waals surface area contributed by atoms with Crippen molar-refractivity contribution in [2.75, 3.05) is 5.32 Å². The Labute approximate surface area is 144 Å². The van der Waals surface area contributed by atoms with Crippen LogP contribution in [-0.2, 0) is 11.2 Å². The van der Waals surface area contributed by atoms with E-state index in [1.807, 2.05) is 26.0 Å². The summed E-state index contributed by atoms with van der Waals surface area (Å²) in [7, 11) is 0. The van der Waals surface area contributed by atoms with E-state index >= 15 is 0 Å². The molecule has 0 saturated heterocycles. The van der Waals surface area contributed by atoms with Gasteiger partial charge in [-0.25, -0.2) is 0 Å². The number of rotatable bonds is 5. The number of nitrogens with two attached hydrogens (primary N) is 1. The minimum absolute atomic E-state index is 0.314. The van der Waals surface area contributed by atoms with Gasteiger partial charge >= 0.3 is 0 Å². The molecular weight excluding hydrogens is 332 g/mol. The van der Waals surface area contributed by atoms with Crippen molar-refractivity contribution >= 4 is 45.8 Å². The molecule has 0 aliphatic carbocycles. The smallest absolute Gasteiger partial charge is 0.251 e. The molecule has 1 aromatic carbocycles. The molecule has 0 aliphatic heterocycles. The number of benzene rings is 1. The van der Waals surface area contributed by atoms with Gasteiger partial charge in [-0.2, -0.15) is 0 Å². The highest BCUT2D eigenvalue weighted by molar-refractivity contribution is 7.16. The molecule has 0 aliphatic rings. The van der Waals surface area contributed by atoms with E-state index in [-0.39, 0.29) is 5.91 Å². The van der Waals surface area contributed by atoms with Crippen molar-refractivity contribution in [3.8, 4) is 0 Å². The van der Waals surface area contributed by atoms with E-state index in [1.165, 1.54) is 17.4 Å². The molecule has 1 aromatic heterocycles. The summed E-state index contributed by atoms with van der Waals surface area (Å²) >= 11 is 7.18. The van der Waals surface area contributed by atoms with Gasteiger partial charge < -0.3 is 11.1 Å². The van der Waals surface area contributed by atoms with Crippen LogP contribution in [-0.4, -0.2) is 11.8 Å². The summed E-state index contributed by atoms with van der Waals surface area (Å²) in [6, 6.07) is 7.12. The maximum absolute atomic E-state index is 12.1. The van der Waals surface area contributed by atoms with E-state index in [9.17, 15) is 9.59 Å². The second kappa shape index (κ2) is 7.44. The number of thiophene rings is 1. The molecule has 120 valence electrons. The first-order chi connectivity index (χ1) is 10.9. The Balaban J connectivity index is 2.17. The average molecular weight is 349 g/mol. The number of amides is 2. The molecule has 0 radical (unpaired) electrons. The Morgan fingerprint density at radius 2 is 1.96 bits per heavy atom. The summed E-state index contributed by atoms with van der Waals surface area (Å²) in [5, 5.41) is 3.87. The molecule has 3 N–H and O–H groups in total. The number of primary amides is 1. The molecule has 23 heavy (non-hydrogen) atoms. The number of carbonyl (C=O) groups excluding carboxylic acids is 2. The molecule has 0 spiro atoms. The lowest BCUT2D eigenvalue weighted by Crippen LogP contribution is -2.16. The van der Waals surface area contributed by atoms with Crippen LogP contribution in [0.25, 0.3) is 6.08 Å². The normalized spacial score (nSPS) is 10.9. The summed E-state index contributed by atoms with van der Waals surface area (Å²) in [5.74, 6) is -0.838. The Hall–Kier alpha value is -2.11. The number of halogens is 1. The SMILES string of the molecule is CCc1c(C)sc(NC(=O)/C=C\c2ccc(Cl)cc2)c1C(N)=O. The molecule has 1 heterocycles. The second-order valence-corrected chi connectivity index (χ2v) is 6.59. The standard InChI is InChI=1S/C17H17ClN2O2S/c1-3-13-10(2)23-17(15(13)16(19)22)20-14(21)9-6-11-4-7-12(18)8-5-11/h4-9H,3H2,1-2H3,(H2,19,22)(H,20,21)/b9-6-. The van der Waals surface area contributed by atoms with Gasteiger partial charge in [0.05, 0.1) is 5.56 Å². The summed E-state index contributed by atoms with van der Waals surface area (Å²) in [4.78, 5) is 24.7. The molecule has 0 fully saturated rings. The third-order valence-corrected chi connectivity index (χ3v) is 4.66. The van der Waals surface area contributed by atoms with E-state index < -0.39 is 5.91 Å². The summed E-state index contributed by atoms with van der Waals surface area (Å²) in [5.41, 5.74) is 7.60. The van der Waals surface area contributed by atoms with Crippen molar-refractivity contribution < 1.29 is 9.59 Å². The lowest BCUT2D eigenvalue weighted by molar-refractivity contribution is -0.111. The van der Waals surface area contributed by atoms with Crippen LogP contribution in [0.1, 0.15) is 33.3 Å². The minimum Gasteiger partial charge on any atom is -0.365 e. The fourth-order valence-electron chi connectivity index (χ4n) is 2.25. The number of aryl methyl sites for hydroxylation is 1. The predicted octanol–water partition coefficient (Wildman–Crippen LogP) is 4.02. The largest absolute Gasteiger partial charge is 0.365 e. The van der Waals surface area contributed by atoms with Gasteiger partial charge in [-0.15, -0.1) is 11.3 Å². The molecule has 2 aromatic rings. The van der Waals surface area contributed by atoms with E-state index in [0.717, 1.165) is 16.0 Å². The number of hydrogen-bond acceptors (Lipinski definition) is 3. The van der Waals surface area contributed by atoms with E-state index in [1.54, 1.807) is 18.2 Å². The predicted molar refractivity (Wildman–Crippen MR) is 96.1 cm³/mol. The number of nitrogens with one attached hydrogen (secondary N) is 1. The fourth-order valence-corrected chi connectivity index (χ4v) is 3.53. The Morgan fingerprint density at radius 3 is 2.52 bits per heavy atom. The van der Waals surface area contributed by atoms with Crippen LogP contribution in [0.5, 0.6) is 0 Å². The average Bonchev–Trinajstić information content (AvgIpc) is 2.82. The lowest BCUT2D eigenvalue weighted by atomic mass is 10.1. The second-order valence-electron chi connectivity index (χ2n) is 4.93. The van der Waals surface area contributed by atoms with Gasteiger partial charge in [-0.05, 0) is 42.7 Å². The third kappa shape index (κ3) is 4.21. The topological polar surface area (TPSA) is 72.2 Å². The molecular formula is C17H17ClN2O2S. The summed E-state index contributed by atoms with van der Waals surface area (Å²) in [6.07, 6.45) is 3.78. The van der Waals surface area contributed by atoms with Gasteiger partial charge in [0.2, 0.25) is 5.91 Å². The minimum atomic E-state index is -0.525. The van der Waals surface area contributed by atoms with E-state index in [0.29, 0.717) is 22.0 Å². The first-order valence-corrected chi connectivity index (χ1v) is 8.28. The molecule has 0 saturated carbocycles. The van der Waals surface area contributed by atoms with Gasteiger partial charge in [-0.3, -0.25) is 9.59 Å². The molecule has 0 bridgehead atoms. The maximum atomic E-state index is 12.1. The third-order valence-electron chi connectivity index (χ3n) is 3.34. The highest BCUT2D eigenvalue weighted by atomic mass is 35.5. The van der Waals surface area contributed by atoms with Crippen molar-refractivity contribution in [3.63, 3.8) is 0 Å². The van der Waals surface area contributed by atoms with Gasteiger partial charge in [0.15, 0.2) is 0 Å². The number of hydrogen-bond donors (Lipinski definition) is 2. The van der Waals surface area contributed by atoms with Crippen LogP contribution in [0.3, 0.4) is 0 Å². The van der Waals surface area contributed by atoms with E-state index in [4.69, 9.17) is 17.3 Å². The lowest BCUT2D eigenvalue weighted by Gasteiger charge is -2.03. The van der Waals surface area contributed by atoms with Crippen molar-refractivity contribution in [1.29, 1.82) is 0 Å². The zero-order chi connectivity index (χ0) is 17.0. The van der Waals surface area contributed by atoms with Crippen LogP contribution >= 0.6 is 22.9 Å². The van der Waals surface area contributed by atoms with Crippen LogP contribution < -0.4 is 11.1 Å². The molecule has 4 nitrogen and oxygen atoms in total. The Morgan fingerprint density at radius 1 is 1.30 bits per heavy atom. The van der Waals surface area contributed by atoms with Crippen LogP contribution in [0.15, 0.2) is 30.3 Å². The quantitative estimate of drug-likeness (QED) is 0.801. The Kier molecular flexibility index (Phi) is 5.58. The highest BCUT2D eigenvalue weighted by Crippen LogP contribution is 2.33. The van der Waals surface area contributed by atoms with Crippen LogP contribution in [0.2, 0.25) is 5.02 Å². The van der Waals surface area contributed by atoms with Crippen LogP contribution in [0.4, 0.5) is 5.00 Å². The summed E-state index contributed by atoms with van der Waals surface area (Å²) in [6.45, 7) is 3.86. The van der Waals surface area contributed by atoms with Gasteiger partial charge in [0.25, 0.3) is 5.91 Å². The highest BCUT2D eigenvalue weighted by Gasteiger charge is 2.19. The fraction of sp³-hybridized carbons (Fsp3) is 0.176. The zero-order valence-electron chi connectivity index (χ0n) is 12.9. The molecule has 6 heteroatoms. The van der Waals surface area contributed by atoms with Gasteiger partial charge in [0, 0.05) is 16.0 Å². The number of carbonyl (C=O) groups is 2. The van der Waals surface area contributed by atoms with Crippen molar-refractivity contribution in [1.82, 2.24) is 0 Å². The van der Waals surface area contributed by atoms with Crippen molar-refractivity contribution in [2.45, 2.75) is 20.3 Å². The number of anilines is 1. The Bertz CT molecular complexity index is 764. The van der Waals surface area contributed by atoms with Crippen molar-refractivity contribution in [2.24, 2.45) is 5.73 Å². The first kappa shape index (κ1) is 17.2. The monoisotopic (exact) mass is 348 g/mol. The first-order valence-electron chi connectivity index (χ1n) is 7.09. The molecule has 0 unspecified atom stereocenters.